The number of fused-ring (bicyclic) bond motifs is 1. The molecule has 1 unspecified atom stereocenters. The minimum Gasteiger partial charge on any atom is -0.367 e. The number of nitrogens with one attached hydrogen (secondary N) is 1. The highest BCUT2D eigenvalue weighted by Crippen LogP contribution is 2.24. The van der Waals surface area contributed by atoms with Crippen molar-refractivity contribution < 1.29 is 0 Å². The Balaban J connectivity index is 1.73. The minimum absolute atomic E-state index is 0.489. The first-order valence-corrected chi connectivity index (χ1v) is 7.48. The van der Waals surface area contributed by atoms with Gasteiger partial charge in [0.2, 0.25) is 0 Å². The molecule has 1 N–H and O–H groups in total. The summed E-state index contributed by atoms with van der Waals surface area (Å²) in [5.74, 6) is 0.977. The van der Waals surface area contributed by atoms with Gasteiger partial charge in [-0.15, -0.1) is 0 Å². The van der Waals surface area contributed by atoms with Crippen molar-refractivity contribution >= 4 is 21.7 Å². The van der Waals surface area contributed by atoms with Gasteiger partial charge in [-0.05, 0) is 65.4 Å². The van der Waals surface area contributed by atoms with E-state index >= 15 is 0 Å². The number of pyridine rings is 1. The van der Waals surface area contributed by atoms with Gasteiger partial charge < -0.3 is 5.32 Å². The standard InChI is InChI=1S/C16H17BrN2/c1-11-15(17)8-9-16(18-11)19-14-7-6-12-4-2-3-5-13(12)10-14/h2-5,8-9,14H,6-7,10H2,1H3,(H,18,19). The van der Waals surface area contributed by atoms with Gasteiger partial charge in [-0.2, -0.15) is 0 Å². The summed E-state index contributed by atoms with van der Waals surface area (Å²) in [6, 6.07) is 13.3. The highest BCUT2D eigenvalue weighted by atomic mass is 79.9. The molecular weight excluding hydrogens is 300 g/mol. The number of halogens is 1. The molecule has 98 valence electrons. The molecule has 1 heterocycles. The van der Waals surface area contributed by atoms with E-state index in [1.165, 1.54) is 17.5 Å². The maximum absolute atomic E-state index is 4.56. The Kier molecular flexibility index (Phi) is 3.56. The molecule has 0 bridgehead atoms. The van der Waals surface area contributed by atoms with E-state index in [1.807, 2.05) is 13.0 Å². The van der Waals surface area contributed by atoms with Crippen LogP contribution < -0.4 is 5.32 Å². The lowest BCUT2D eigenvalue weighted by Gasteiger charge is -2.26. The molecule has 1 aromatic heterocycles. The average molecular weight is 317 g/mol. The van der Waals surface area contributed by atoms with Gasteiger partial charge in [-0.1, -0.05) is 24.3 Å². The van der Waals surface area contributed by atoms with Crippen LogP contribution in [0.4, 0.5) is 5.82 Å². The van der Waals surface area contributed by atoms with Crippen LogP contribution in [0.15, 0.2) is 40.9 Å². The van der Waals surface area contributed by atoms with Crippen molar-refractivity contribution in [1.29, 1.82) is 0 Å². The highest BCUT2D eigenvalue weighted by Gasteiger charge is 2.18. The third kappa shape index (κ3) is 2.81. The second kappa shape index (κ2) is 5.33. The molecule has 0 saturated heterocycles. The van der Waals surface area contributed by atoms with E-state index in [0.717, 1.165) is 28.8 Å². The Hall–Kier alpha value is -1.35. The summed E-state index contributed by atoms with van der Waals surface area (Å²) in [5.41, 5.74) is 4.00. The van der Waals surface area contributed by atoms with Crippen molar-refractivity contribution in [3.05, 3.63) is 57.7 Å². The molecule has 19 heavy (non-hydrogen) atoms. The quantitative estimate of drug-likeness (QED) is 0.901. The van der Waals surface area contributed by atoms with E-state index in [1.54, 1.807) is 0 Å². The van der Waals surface area contributed by atoms with E-state index in [-0.39, 0.29) is 0 Å². The number of nitrogens with zero attached hydrogens (tertiary/aromatic N) is 1. The second-order valence-electron chi connectivity index (χ2n) is 5.12. The molecule has 1 aliphatic rings. The van der Waals surface area contributed by atoms with Crippen LogP contribution in [0.25, 0.3) is 0 Å². The Labute approximate surface area is 122 Å². The van der Waals surface area contributed by atoms with E-state index < -0.39 is 0 Å². The lowest BCUT2D eigenvalue weighted by molar-refractivity contribution is 0.608. The van der Waals surface area contributed by atoms with Crippen LogP contribution in [0.5, 0.6) is 0 Å². The number of aryl methyl sites for hydroxylation is 2. The van der Waals surface area contributed by atoms with Gasteiger partial charge in [-0.3, -0.25) is 0 Å². The van der Waals surface area contributed by atoms with Crippen molar-refractivity contribution in [2.45, 2.75) is 32.2 Å². The molecule has 3 heteroatoms. The SMILES string of the molecule is Cc1nc(NC2CCc3ccccc3C2)ccc1Br. The smallest absolute Gasteiger partial charge is 0.126 e. The monoisotopic (exact) mass is 316 g/mol. The Morgan fingerprint density at radius 2 is 1.95 bits per heavy atom. The molecule has 1 atom stereocenters. The van der Waals surface area contributed by atoms with Crippen LogP contribution in [0.2, 0.25) is 0 Å². The summed E-state index contributed by atoms with van der Waals surface area (Å²) in [7, 11) is 0. The molecule has 3 rings (SSSR count). The van der Waals surface area contributed by atoms with Crippen molar-refractivity contribution in [3.63, 3.8) is 0 Å². The second-order valence-corrected chi connectivity index (χ2v) is 5.97. The van der Waals surface area contributed by atoms with Gasteiger partial charge >= 0.3 is 0 Å². The predicted octanol–water partition coefficient (Wildman–Crippen LogP) is 4.12. The lowest BCUT2D eigenvalue weighted by Crippen LogP contribution is -2.27. The van der Waals surface area contributed by atoms with Gasteiger partial charge in [0.1, 0.15) is 5.82 Å². The number of anilines is 1. The zero-order valence-corrected chi connectivity index (χ0v) is 12.6. The molecule has 0 fully saturated rings. The van der Waals surface area contributed by atoms with Crippen LogP contribution in [0, 0.1) is 6.92 Å². The van der Waals surface area contributed by atoms with E-state index in [0.29, 0.717) is 6.04 Å². The van der Waals surface area contributed by atoms with Gasteiger partial charge in [0.05, 0.1) is 5.69 Å². The van der Waals surface area contributed by atoms with Crippen LogP contribution in [0.1, 0.15) is 23.2 Å². The maximum atomic E-state index is 4.56. The summed E-state index contributed by atoms with van der Waals surface area (Å²) in [4.78, 5) is 4.56. The largest absolute Gasteiger partial charge is 0.367 e. The van der Waals surface area contributed by atoms with Crippen LogP contribution >= 0.6 is 15.9 Å². The van der Waals surface area contributed by atoms with Gasteiger partial charge in [0, 0.05) is 10.5 Å². The normalized spacial score (nSPS) is 17.9. The molecule has 1 aliphatic carbocycles. The highest BCUT2D eigenvalue weighted by molar-refractivity contribution is 9.10. The minimum atomic E-state index is 0.489. The third-order valence-electron chi connectivity index (χ3n) is 3.72. The molecule has 2 nitrogen and oxygen atoms in total. The first-order valence-electron chi connectivity index (χ1n) is 6.69. The van der Waals surface area contributed by atoms with Gasteiger partial charge in [0.15, 0.2) is 0 Å². The first-order chi connectivity index (χ1) is 9.22. The van der Waals surface area contributed by atoms with Crippen molar-refractivity contribution in [3.8, 4) is 0 Å². The summed E-state index contributed by atoms with van der Waals surface area (Å²) >= 11 is 3.49. The number of hydrogen-bond acceptors (Lipinski definition) is 2. The Bertz CT molecular complexity index is 595. The fourth-order valence-corrected chi connectivity index (χ4v) is 2.88. The summed E-state index contributed by atoms with van der Waals surface area (Å²) in [6.45, 7) is 2.02. The molecule has 0 aliphatic heterocycles. The number of benzene rings is 1. The summed E-state index contributed by atoms with van der Waals surface area (Å²) < 4.78 is 1.06. The van der Waals surface area contributed by atoms with Crippen LogP contribution in [-0.4, -0.2) is 11.0 Å². The molecule has 1 aromatic carbocycles. The van der Waals surface area contributed by atoms with E-state index in [9.17, 15) is 0 Å². The van der Waals surface area contributed by atoms with Gasteiger partial charge in [-0.25, -0.2) is 4.98 Å². The lowest BCUT2D eigenvalue weighted by atomic mass is 9.88. The van der Waals surface area contributed by atoms with E-state index in [2.05, 4.69) is 56.6 Å². The molecular formula is C16H17BrN2. The number of aromatic nitrogens is 1. The molecule has 2 aromatic rings. The van der Waals surface area contributed by atoms with Gasteiger partial charge in [0.25, 0.3) is 0 Å². The Morgan fingerprint density at radius 1 is 1.16 bits per heavy atom. The Morgan fingerprint density at radius 3 is 2.74 bits per heavy atom. The maximum Gasteiger partial charge on any atom is 0.126 e. The van der Waals surface area contributed by atoms with E-state index in [4.69, 9.17) is 0 Å². The number of rotatable bonds is 2. The zero-order valence-electron chi connectivity index (χ0n) is 11.0. The van der Waals surface area contributed by atoms with Crippen molar-refractivity contribution in [1.82, 2.24) is 4.98 Å². The molecule has 0 radical (unpaired) electrons. The third-order valence-corrected chi connectivity index (χ3v) is 4.56. The topological polar surface area (TPSA) is 24.9 Å². The average Bonchev–Trinajstić information content (AvgIpc) is 2.43. The summed E-state index contributed by atoms with van der Waals surface area (Å²) in [5, 5.41) is 3.56. The fraction of sp³-hybridized carbons (Fsp3) is 0.312. The number of hydrogen-bond donors (Lipinski definition) is 1. The predicted molar refractivity (Wildman–Crippen MR) is 82.6 cm³/mol. The van der Waals surface area contributed by atoms with Crippen molar-refractivity contribution in [2.75, 3.05) is 5.32 Å². The molecule has 0 spiro atoms. The van der Waals surface area contributed by atoms with Crippen LogP contribution in [-0.2, 0) is 12.8 Å². The molecule has 0 saturated carbocycles. The fourth-order valence-electron chi connectivity index (χ4n) is 2.65. The molecule has 0 amide bonds. The zero-order chi connectivity index (χ0) is 13.2. The summed E-state index contributed by atoms with van der Waals surface area (Å²) in [6.07, 6.45) is 3.42. The van der Waals surface area contributed by atoms with Crippen molar-refractivity contribution in [2.24, 2.45) is 0 Å². The first kappa shape index (κ1) is 12.7. The van der Waals surface area contributed by atoms with Crippen LogP contribution in [0.3, 0.4) is 0 Å².